The van der Waals surface area contributed by atoms with E-state index in [0.717, 1.165) is 12.1 Å². The van der Waals surface area contributed by atoms with Gasteiger partial charge in [0.2, 0.25) is 0 Å². The van der Waals surface area contributed by atoms with Crippen molar-refractivity contribution in [3.63, 3.8) is 0 Å². The molecule has 0 atom stereocenters. The quantitative estimate of drug-likeness (QED) is 0.562. The summed E-state index contributed by atoms with van der Waals surface area (Å²) in [5.74, 6) is 1.41. The van der Waals surface area contributed by atoms with Crippen LogP contribution in [0.3, 0.4) is 0 Å². The van der Waals surface area contributed by atoms with E-state index < -0.39 is 11.6 Å². The van der Waals surface area contributed by atoms with Crippen molar-refractivity contribution >= 4 is 0 Å². The lowest BCUT2D eigenvalue weighted by molar-refractivity contribution is 0.583. The van der Waals surface area contributed by atoms with E-state index in [1.807, 2.05) is 0 Å². The van der Waals surface area contributed by atoms with Crippen LogP contribution in [-0.2, 0) is 6.42 Å². The lowest BCUT2D eigenvalue weighted by atomic mass is 10.1. The Morgan fingerprint density at radius 1 is 1.33 bits per heavy atom. The molecule has 0 unspecified atom stereocenters. The van der Waals surface area contributed by atoms with Crippen molar-refractivity contribution in [2.45, 2.75) is 13.3 Å². The molecule has 0 bridgehead atoms. The summed E-state index contributed by atoms with van der Waals surface area (Å²) in [7, 11) is 0. The molecule has 0 spiro atoms. The SMILES string of the molecule is C#CCc1cc(F)c(C)cc1F. The number of terminal acetylenes is 1. The zero-order valence-corrected chi connectivity index (χ0v) is 6.70. The summed E-state index contributed by atoms with van der Waals surface area (Å²) >= 11 is 0. The predicted molar refractivity (Wildman–Crippen MR) is 43.6 cm³/mol. The lowest BCUT2D eigenvalue weighted by Crippen LogP contribution is -1.93. The van der Waals surface area contributed by atoms with Crippen LogP contribution in [-0.4, -0.2) is 0 Å². The third-order valence-corrected chi connectivity index (χ3v) is 1.62. The Morgan fingerprint density at radius 2 is 2.00 bits per heavy atom. The minimum absolute atomic E-state index is 0.128. The molecule has 0 aliphatic rings. The normalized spacial score (nSPS) is 9.50. The molecule has 2 heteroatoms. The third-order valence-electron chi connectivity index (χ3n) is 1.62. The average molecular weight is 166 g/mol. The second-order valence-corrected chi connectivity index (χ2v) is 2.57. The molecule has 0 saturated carbocycles. The summed E-state index contributed by atoms with van der Waals surface area (Å²) in [6, 6.07) is 2.30. The Bertz CT molecular complexity index is 334. The van der Waals surface area contributed by atoms with E-state index in [1.54, 1.807) is 0 Å². The second kappa shape index (κ2) is 3.36. The van der Waals surface area contributed by atoms with Gasteiger partial charge in [-0.25, -0.2) is 8.78 Å². The highest BCUT2D eigenvalue weighted by Gasteiger charge is 2.05. The molecule has 0 aromatic heterocycles. The van der Waals surface area contributed by atoms with Crippen molar-refractivity contribution in [1.82, 2.24) is 0 Å². The van der Waals surface area contributed by atoms with Gasteiger partial charge in [0.05, 0.1) is 0 Å². The number of aryl methyl sites for hydroxylation is 1. The van der Waals surface area contributed by atoms with E-state index in [0.29, 0.717) is 5.56 Å². The van der Waals surface area contributed by atoms with Gasteiger partial charge in [-0.2, -0.15) is 0 Å². The first-order valence-electron chi connectivity index (χ1n) is 3.53. The van der Waals surface area contributed by atoms with Crippen LogP contribution in [0.4, 0.5) is 8.78 Å². The van der Waals surface area contributed by atoms with Gasteiger partial charge in [0, 0.05) is 12.0 Å². The molecule has 0 radical (unpaired) electrons. The molecule has 0 aliphatic carbocycles. The monoisotopic (exact) mass is 166 g/mol. The van der Waals surface area contributed by atoms with Crippen LogP contribution >= 0.6 is 0 Å². The van der Waals surface area contributed by atoms with Gasteiger partial charge in [-0.05, 0) is 24.6 Å². The van der Waals surface area contributed by atoms with Crippen LogP contribution in [0.25, 0.3) is 0 Å². The molecule has 62 valence electrons. The number of benzene rings is 1. The summed E-state index contributed by atoms with van der Waals surface area (Å²) in [6.45, 7) is 1.51. The smallest absolute Gasteiger partial charge is 0.127 e. The first-order chi connectivity index (χ1) is 5.65. The highest BCUT2D eigenvalue weighted by molar-refractivity contribution is 5.27. The Kier molecular flexibility index (Phi) is 2.44. The summed E-state index contributed by atoms with van der Waals surface area (Å²) in [4.78, 5) is 0. The second-order valence-electron chi connectivity index (χ2n) is 2.57. The zero-order chi connectivity index (χ0) is 9.14. The zero-order valence-electron chi connectivity index (χ0n) is 6.70. The average Bonchev–Trinajstić information content (AvgIpc) is 2.01. The lowest BCUT2D eigenvalue weighted by Gasteiger charge is -2.01. The number of halogens is 2. The molecular weight excluding hydrogens is 158 g/mol. The number of rotatable bonds is 1. The Morgan fingerprint density at radius 3 is 2.58 bits per heavy atom. The molecule has 0 nitrogen and oxygen atoms in total. The Balaban J connectivity index is 3.16. The fourth-order valence-electron chi connectivity index (χ4n) is 0.933. The molecule has 1 aromatic carbocycles. The van der Waals surface area contributed by atoms with Crippen molar-refractivity contribution in [2.24, 2.45) is 0 Å². The van der Waals surface area contributed by atoms with Gasteiger partial charge >= 0.3 is 0 Å². The van der Waals surface area contributed by atoms with Crippen molar-refractivity contribution in [1.29, 1.82) is 0 Å². The first-order valence-corrected chi connectivity index (χ1v) is 3.53. The highest BCUT2D eigenvalue weighted by atomic mass is 19.1. The van der Waals surface area contributed by atoms with E-state index in [1.165, 1.54) is 6.92 Å². The van der Waals surface area contributed by atoms with Crippen molar-refractivity contribution < 1.29 is 8.78 Å². The van der Waals surface area contributed by atoms with Crippen LogP contribution in [0, 0.1) is 30.9 Å². The van der Waals surface area contributed by atoms with Gasteiger partial charge in [-0.15, -0.1) is 12.3 Å². The van der Waals surface area contributed by atoms with E-state index in [-0.39, 0.29) is 12.0 Å². The fourth-order valence-corrected chi connectivity index (χ4v) is 0.933. The van der Waals surface area contributed by atoms with Gasteiger partial charge in [0.25, 0.3) is 0 Å². The minimum Gasteiger partial charge on any atom is -0.207 e. The molecule has 0 heterocycles. The van der Waals surface area contributed by atoms with E-state index in [4.69, 9.17) is 6.42 Å². The maximum absolute atomic E-state index is 13.0. The fraction of sp³-hybridized carbons (Fsp3) is 0.200. The first kappa shape index (κ1) is 8.73. The number of hydrogen-bond acceptors (Lipinski definition) is 0. The van der Waals surface area contributed by atoms with E-state index in [9.17, 15) is 8.78 Å². The van der Waals surface area contributed by atoms with Crippen molar-refractivity contribution in [3.05, 3.63) is 34.9 Å². The molecule has 12 heavy (non-hydrogen) atoms. The Labute approximate surface area is 70.2 Å². The molecule has 0 aliphatic heterocycles. The van der Waals surface area contributed by atoms with E-state index >= 15 is 0 Å². The topological polar surface area (TPSA) is 0 Å². The van der Waals surface area contributed by atoms with Gasteiger partial charge < -0.3 is 0 Å². The van der Waals surface area contributed by atoms with Crippen LogP contribution in [0.5, 0.6) is 0 Å². The third kappa shape index (κ3) is 1.62. The van der Waals surface area contributed by atoms with Crippen LogP contribution < -0.4 is 0 Å². The maximum atomic E-state index is 13.0. The highest BCUT2D eigenvalue weighted by Crippen LogP contribution is 2.14. The van der Waals surface area contributed by atoms with Gasteiger partial charge in [-0.1, -0.05) is 0 Å². The molecule has 0 amide bonds. The molecular formula is C10H8F2. The van der Waals surface area contributed by atoms with Gasteiger partial charge in [0.1, 0.15) is 11.6 Å². The van der Waals surface area contributed by atoms with E-state index in [2.05, 4.69) is 5.92 Å². The summed E-state index contributed by atoms with van der Waals surface area (Å²) < 4.78 is 25.8. The van der Waals surface area contributed by atoms with Crippen LogP contribution in [0.2, 0.25) is 0 Å². The molecule has 1 aromatic rings. The largest absolute Gasteiger partial charge is 0.207 e. The van der Waals surface area contributed by atoms with Gasteiger partial charge in [-0.3, -0.25) is 0 Å². The van der Waals surface area contributed by atoms with Gasteiger partial charge in [0.15, 0.2) is 0 Å². The Hall–Kier alpha value is -1.36. The predicted octanol–water partition coefficient (Wildman–Crippen LogP) is 2.45. The molecule has 1 rings (SSSR count). The number of hydrogen-bond donors (Lipinski definition) is 0. The van der Waals surface area contributed by atoms with Crippen molar-refractivity contribution in [2.75, 3.05) is 0 Å². The maximum Gasteiger partial charge on any atom is 0.127 e. The molecule has 0 N–H and O–H groups in total. The summed E-state index contributed by atoms with van der Waals surface area (Å²) in [6.07, 6.45) is 5.11. The van der Waals surface area contributed by atoms with Crippen molar-refractivity contribution in [3.8, 4) is 12.3 Å². The summed E-state index contributed by atoms with van der Waals surface area (Å²) in [5.41, 5.74) is 0.536. The summed E-state index contributed by atoms with van der Waals surface area (Å²) in [5, 5.41) is 0. The van der Waals surface area contributed by atoms with Crippen LogP contribution in [0.1, 0.15) is 11.1 Å². The van der Waals surface area contributed by atoms with Crippen LogP contribution in [0.15, 0.2) is 12.1 Å². The minimum atomic E-state index is -0.438. The molecule has 0 fully saturated rings. The standard InChI is InChI=1S/C10H8F2/c1-3-4-8-6-9(11)7(2)5-10(8)12/h1,5-6H,4H2,2H3. The molecule has 0 saturated heterocycles.